The summed E-state index contributed by atoms with van der Waals surface area (Å²) in [4.78, 5) is 10.8. The van der Waals surface area contributed by atoms with Crippen LogP contribution in [0.15, 0.2) is 24.8 Å². The maximum Gasteiger partial charge on any atom is 0.302 e. The fraction of sp³-hybridized carbons (Fsp3) is 0.615. The zero-order chi connectivity index (χ0) is 11.8. The lowest BCUT2D eigenvalue weighted by Crippen LogP contribution is -2.35. The van der Waals surface area contributed by atoms with E-state index >= 15 is 0 Å². The molecule has 1 N–H and O–H groups in total. The van der Waals surface area contributed by atoms with Gasteiger partial charge < -0.3 is 9.84 Å². The average molecular weight is 222 g/mol. The van der Waals surface area contributed by atoms with Gasteiger partial charge in [0.15, 0.2) is 0 Å². The van der Waals surface area contributed by atoms with Crippen LogP contribution in [0.1, 0.15) is 19.8 Å². The fourth-order valence-corrected chi connectivity index (χ4v) is 3.07. The first-order chi connectivity index (χ1) is 7.58. The van der Waals surface area contributed by atoms with Gasteiger partial charge in [-0.15, -0.1) is 6.58 Å². The van der Waals surface area contributed by atoms with E-state index in [-0.39, 0.29) is 23.7 Å². The maximum atomic E-state index is 10.8. The number of ether oxygens (including phenoxy) is 1. The summed E-state index contributed by atoms with van der Waals surface area (Å²) in [5, 5.41) is 10.6. The van der Waals surface area contributed by atoms with Gasteiger partial charge in [-0.05, 0) is 12.8 Å². The van der Waals surface area contributed by atoms with Gasteiger partial charge in [0.1, 0.15) is 0 Å². The molecular formula is C13H18O3. The molecule has 0 aromatic heterocycles. The molecule has 0 aromatic rings. The summed E-state index contributed by atoms with van der Waals surface area (Å²) in [6, 6.07) is 0. The first kappa shape index (κ1) is 11.4. The molecule has 2 bridgehead atoms. The fourth-order valence-electron chi connectivity index (χ4n) is 3.07. The van der Waals surface area contributed by atoms with E-state index < -0.39 is 5.60 Å². The van der Waals surface area contributed by atoms with Crippen molar-refractivity contribution in [2.75, 3.05) is 6.61 Å². The van der Waals surface area contributed by atoms with E-state index in [2.05, 4.69) is 18.7 Å². The first-order valence-electron chi connectivity index (χ1n) is 5.73. The predicted molar refractivity (Wildman–Crippen MR) is 60.6 cm³/mol. The van der Waals surface area contributed by atoms with Crippen molar-refractivity contribution >= 4 is 5.97 Å². The third kappa shape index (κ3) is 1.69. The van der Waals surface area contributed by atoms with Crippen LogP contribution in [0.25, 0.3) is 0 Å². The van der Waals surface area contributed by atoms with Crippen molar-refractivity contribution in [2.45, 2.75) is 25.4 Å². The molecule has 3 nitrogen and oxygen atoms in total. The zero-order valence-electron chi connectivity index (χ0n) is 9.56. The van der Waals surface area contributed by atoms with Gasteiger partial charge in [-0.3, -0.25) is 4.79 Å². The highest BCUT2D eigenvalue weighted by atomic mass is 16.5. The summed E-state index contributed by atoms with van der Waals surface area (Å²) in [5.41, 5.74) is -0.688. The quantitative estimate of drug-likeness (QED) is 0.581. The second-order valence-electron chi connectivity index (χ2n) is 4.80. The van der Waals surface area contributed by atoms with Crippen LogP contribution in [-0.4, -0.2) is 23.3 Å². The molecule has 0 amide bonds. The van der Waals surface area contributed by atoms with Gasteiger partial charge >= 0.3 is 5.97 Å². The highest BCUT2D eigenvalue weighted by Crippen LogP contribution is 2.52. The highest BCUT2D eigenvalue weighted by molar-refractivity contribution is 5.65. The van der Waals surface area contributed by atoms with Crippen molar-refractivity contribution in [2.24, 2.45) is 17.8 Å². The molecule has 1 fully saturated rings. The van der Waals surface area contributed by atoms with Gasteiger partial charge in [0.05, 0.1) is 12.2 Å². The van der Waals surface area contributed by atoms with Gasteiger partial charge in [-0.2, -0.15) is 0 Å². The molecule has 3 heteroatoms. The van der Waals surface area contributed by atoms with Crippen LogP contribution >= 0.6 is 0 Å². The van der Waals surface area contributed by atoms with Crippen LogP contribution < -0.4 is 0 Å². The largest absolute Gasteiger partial charge is 0.466 e. The van der Waals surface area contributed by atoms with Crippen LogP contribution in [0.2, 0.25) is 0 Å². The molecule has 1 saturated carbocycles. The highest BCUT2D eigenvalue weighted by Gasteiger charge is 2.54. The Hall–Kier alpha value is -1.09. The molecule has 0 heterocycles. The third-order valence-electron chi connectivity index (χ3n) is 3.81. The van der Waals surface area contributed by atoms with Crippen molar-refractivity contribution in [1.82, 2.24) is 0 Å². The Labute approximate surface area is 95.8 Å². The lowest BCUT2D eigenvalue weighted by molar-refractivity contribution is -0.142. The molecule has 0 spiro atoms. The van der Waals surface area contributed by atoms with Crippen LogP contribution in [0.5, 0.6) is 0 Å². The zero-order valence-corrected chi connectivity index (χ0v) is 9.56. The summed E-state index contributed by atoms with van der Waals surface area (Å²) < 4.78 is 5.04. The number of esters is 1. The smallest absolute Gasteiger partial charge is 0.302 e. The molecule has 0 aromatic carbocycles. The Balaban J connectivity index is 2.03. The molecule has 0 aliphatic heterocycles. The number of hydrogen-bond acceptors (Lipinski definition) is 3. The summed E-state index contributed by atoms with van der Waals surface area (Å²) in [5.74, 6) is 0.300. The van der Waals surface area contributed by atoms with Crippen LogP contribution in [-0.2, 0) is 9.53 Å². The van der Waals surface area contributed by atoms with E-state index in [4.69, 9.17) is 4.74 Å². The second kappa shape index (κ2) is 4.06. The Morgan fingerprint density at radius 3 is 3.06 bits per heavy atom. The number of fused-ring (bicyclic) bond motifs is 2. The molecule has 2 rings (SSSR count). The minimum absolute atomic E-state index is 0.106. The average Bonchev–Trinajstić information content (AvgIpc) is 2.67. The van der Waals surface area contributed by atoms with Gasteiger partial charge in [0.25, 0.3) is 0 Å². The molecular weight excluding hydrogens is 204 g/mol. The summed E-state index contributed by atoms with van der Waals surface area (Å²) in [6.45, 7) is 5.52. The monoisotopic (exact) mass is 222 g/mol. The molecule has 4 atom stereocenters. The molecule has 16 heavy (non-hydrogen) atoms. The van der Waals surface area contributed by atoms with Crippen molar-refractivity contribution in [3.8, 4) is 0 Å². The number of hydrogen-bond donors (Lipinski definition) is 1. The Bertz CT molecular complexity index is 334. The standard InChI is InChI=1S/C13H18O3/c1-3-6-13(15)11-4-5-12(13)10(7-11)8-16-9(2)14/h3-5,10-12,15H,1,6-8H2,2H3/t10-,11-,12+,13+/m0/s1. The Kier molecular flexibility index (Phi) is 2.89. The van der Waals surface area contributed by atoms with Crippen molar-refractivity contribution < 1.29 is 14.6 Å². The number of carbonyl (C=O) groups is 1. The SMILES string of the molecule is C=CC[C@]1(O)[C@@H]2C=C[C@H]1C[C@H]2COC(C)=O. The summed E-state index contributed by atoms with van der Waals surface area (Å²) in [6.07, 6.45) is 7.41. The maximum absolute atomic E-state index is 10.8. The molecule has 0 unspecified atom stereocenters. The van der Waals surface area contributed by atoms with E-state index in [1.807, 2.05) is 0 Å². The number of aliphatic hydroxyl groups is 1. The lowest BCUT2D eigenvalue weighted by Gasteiger charge is -2.28. The molecule has 2 aliphatic rings. The van der Waals surface area contributed by atoms with Gasteiger partial charge in [-0.1, -0.05) is 18.2 Å². The lowest BCUT2D eigenvalue weighted by atomic mass is 9.85. The van der Waals surface area contributed by atoms with Crippen molar-refractivity contribution in [1.29, 1.82) is 0 Å². The Morgan fingerprint density at radius 2 is 2.44 bits per heavy atom. The molecule has 0 radical (unpaired) electrons. The minimum atomic E-state index is -0.688. The summed E-state index contributed by atoms with van der Waals surface area (Å²) >= 11 is 0. The molecule has 88 valence electrons. The van der Waals surface area contributed by atoms with E-state index in [0.717, 1.165) is 6.42 Å². The third-order valence-corrected chi connectivity index (χ3v) is 3.81. The topological polar surface area (TPSA) is 46.5 Å². The number of carbonyl (C=O) groups excluding carboxylic acids is 1. The Morgan fingerprint density at radius 1 is 1.69 bits per heavy atom. The summed E-state index contributed by atoms with van der Waals surface area (Å²) in [7, 11) is 0. The van der Waals surface area contributed by atoms with E-state index in [9.17, 15) is 9.90 Å². The number of rotatable bonds is 4. The normalized spacial score (nSPS) is 40.0. The van der Waals surface area contributed by atoms with E-state index in [1.54, 1.807) is 6.08 Å². The van der Waals surface area contributed by atoms with Crippen LogP contribution in [0, 0.1) is 17.8 Å². The first-order valence-corrected chi connectivity index (χ1v) is 5.73. The van der Waals surface area contributed by atoms with E-state index in [0.29, 0.717) is 13.0 Å². The van der Waals surface area contributed by atoms with Crippen molar-refractivity contribution in [3.63, 3.8) is 0 Å². The van der Waals surface area contributed by atoms with Crippen LogP contribution in [0.4, 0.5) is 0 Å². The van der Waals surface area contributed by atoms with Gasteiger partial charge in [0, 0.05) is 24.7 Å². The predicted octanol–water partition coefficient (Wildman–Crippen LogP) is 1.68. The second-order valence-corrected chi connectivity index (χ2v) is 4.80. The minimum Gasteiger partial charge on any atom is -0.466 e. The van der Waals surface area contributed by atoms with Gasteiger partial charge in [0.2, 0.25) is 0 Å². The van der Waals surface area contributed by atoms with Gasteiger partial charge in [-0.25, -0.2) is 0 Å². The molecule has 0 saturated heterocycles. The van der Waals surface area contributed by atoms with E-state index in [1.165, 1.54) is 6.92 Å². The molecule has 2 aliphatic carbocycles. The van der Waals surface area contributed by atoms with Crippen molar-refractivity contribution in [3.05, 3.63) is 24.8 Å². The van der Waals surface area contributed by atoms with Crippen LogP contribution in [0.3, 0.4) is 0 Å².